The number of pyridine rings is 1. The van der Waals surface area contributed by atoms with Crippen molar-refractivity contribution < 1.29 is 13.2 Å². The van der Waals surface area contributed by atoms with Crippen molar-refractivity contribution in [3.8, 4) is 11.3 Å². The Morgan fingerprint density at radius 1 is 1.12 bits per heavy atom. The van der Waals surface area contributed by atoms with Gasteiger partial charge >= 0.3 is 0 Å². The highest BCUT2D eigenvalue weighted by atomic mass is 32.2. The lowest BCUT2D eigenvalue weighted by molar-refractivity contribution is 0.0766. The number of carbonyl (C=O) groups is 1. The molecule has 32 heavy (non-hydrogen) atoms. The third-order valence-electron chi connectivity index (χ3n) is 5.81. The smallest absolute Gasteiger partial charge is 0.254 e. The van der Waals surface area contributed by atoms with Gasteiger partial charge in [0.05, 0.1) is 29.1 Å². The van der Waals surface area contributed by atoms with Gasteiger partial charge in [0.25, 0.3) is 5.91 Å². The Kier molecular flexibility index (Phi) is 6.12. The minimum Gasteiger partial charge on any atom is -0.337 e. The van der Waals surface area contributed by atoms with Crippen molar-refractivity contribution in [1.82, 2.24) is 24.0 Å². The number of fused-ring (bicyclic) bond motifs is 1. The summed E-state index contributed by atoms with van der Waals surface area (Å²) >= 11 is 1.71. The van der Waals surface area contributed by atoms with Gasteiger partial charge in [0, 0.05) is 47.5 Å². The summed E-state index contributed by atoms with van der Waals surface area (Å²) in [7, 11) is -3.28. The third kappa shape index (κ3) is 4.31. The van der Waals surface area contributed by atoms with E-state index < -0.39 is 10.0 Å². The van der Waals surface area contributed by atoms with Crippen molar-refractivity contribution >= 4 is 38.3 Å². The second-order valence-electron chi connectivity index (χ2n) is 8.61. The summed E-state index contributed by atoms with van der Waals surface area (Å²) in [5.41, 5.74) is 3.04. The normalized spacial score (nSPS) is 16.1. The van der Waals surface area contributed by atoms with Crippen molar-refractivity contribution in [2.24, 2.45) is 0 Å². The van der Waals surface area contributed by atoms with Crippen LogP contribution in [0, 0.1) is 13.8 Å². The minimum absolute atomic E-state index is 0.102. The molecule has 0 spiro atoms. The highest BCUT2D eigenvalue weighted by Gasteiger charge is 2.27. The van der Waals surface area contributed by atoms with E-state index in [2.05, 4.69) is 25.0 Å². The fraction of sp³-hybridized carbons (Fsp3) is 0.500. The lowest BCUT2D eigenvalue weighted by Gasteiger charge is -2.22. The molecule has 4 rings (SSSR count). The largest absolute Gasteiger partial charge is 0.337 e. The highest BCUT2D eigenvalue weighted by Crippen LogP contribution is 2.33. The first-order valence-corrected chi connectivity index (χ1v) is 13.4. The second-order valence-corrected chi connectivity index (χ2v) is 12.1. The molecule has 1 aliphatic rings. The zero-order valence-corrected chi connectivity index (χ0v) is 20.8. The standard InChI is InChI=1S/C22H29N5O3S2/c1-14(2)27-21-19(13-23-27)18(12-20(24-21)17-11-15(3)31-16(17)4)22(28)25-7-6-8-26(10-9-25)32(5,29)30/h11-14H,6-10H2,1-5H3. The molecule has 0 bridgehead atoms. The number of hydrogen-bond donors (Lipinski definition) is 0. The summed E-state index contributed by atoms with van der Waals surface area (Å²) in [4.78, 5) is 22.7. The Morgan fingerprint density at radius 3 is 2.50 bits per heavy atom. The number of hydrogen-bond acceptors (Lipinski definition) is 6. The maximum Gasteiger partial charge on any atom is 0.254 e. The van der Waals surface area contributed by atoms with Crippen LogP contribution in [0.2, 0.25) is 0 Å². The highest BCUT2D eigenvalue weighted by molar-refractivity contribution is 7.88. The molecule has 1 aliphatic heterocycles. The molecule has 3 aromatic heterocycles. The van der Waals surface area contributed by atoms with E-state index in [1.165, 1.54) is 15.4 Å². The summed E-state index contributed by atoms with van der Waals surface area (Å²) in [6.07, 6.45) is 3.54. The SMILES string of the molecule is Cc1cc(-c2cc(C(=O)N3CCCN(S(C)(=O)=O)CC3)c3cnn(C(C)C)c3n2)c(C)s1. The molecule has 4 heterocycles. The summed E-state index contributed by atoms with van der Waals surface area (Å²) in [5.74, 6) is -0.109. The first kappa shape index (κ1) is 22.9. The van der Waals surface area contributed by atoms with Gasteiger partial charge in [-0.3, -0.25) is 4.79 Å². The molecule has 0 atom stereocenters. The number of nitrogens with zero attached hydrogens (tertiary/aromatic N) is 5. The average molecular weight is 476 g/mol. The molecular weight excluding hydrogens is 446 g/mol. The molecule has 3 aromatic rings. The van der Waals surface area contributed by atoms with Crippen LogP contribution >= 0.6 is 11.3 Å². The molecule has 0 N–H and O–H groups in total. The maximum absolute atomic E-state index is 13.7. The Hall–Kier alpha value is -2.30. The van der Waals surface area contributed by atoms with Crippen LogP contribution in [0.3, 0.4) is 0 Å². The third-order valence-corrected chi connectivity index (χ3v) is 8.08. The van der Waals surface area contributed by atoms with Gasteiger partial charge in [-0.15, -0.1) is 11.3 Å². The van der Waals surface area contributed by atoms with Crippen LogP contribution in [0.4, 0.5) is 0 Å². The molecule has 1 fully saturated rings. The molecule has 8 nitrogen and oxygen atoms in total. The van der Waals surface area contributed by atoms with Crippen LogP contribution in [0.5, 0.6) is 0 Å². The minimum atomic E-state index is -3.28. The Morgan fingerprint density at radius 2 is 1.88 bits per heavy atom. The monoisotopic (exact) mass is 475 g/mol. The molecule has 0 saturated carbocycles. The molecule has 10 heteroatoms. The summed E-state index contributed by atoms with van der Waals surface area (Å²) in [5, 5.41) is 5.23. The molecule has 0 radical (unpaired) electrons. The van der Waals surface area contributed by atoms with Crippen molar-refractivity contribution in [3.63, 3.8) is 0 Å². The Labute approximate surface area is 192 Å². The van der Waals surface area contributed by atoms with E-state index in [-0.39, 0.29) is 11.9 Å². The molecule has 0 aliphatic carbocycles. The molecule has 172 valence electrons. The van der Waals surface area contributed by atoms with Gasteiger partial charge in [-0.25, -0.2) is 22.4 Å². The Balaban J connectivity index is 1.79. The second kappa shape index (κ2) is 8.57. The first-order valence-electron chi connectivity index (χ1n) is 10.8. The molecule has 1 amide bonds. The van der Waals surface area contributed by atoms with Gasteiger partial charge in [0.2, 0.25) is 10.0 Å². The van der Waals surface area contributed by atoms with Crippen LogP contribution in [0.15, 0.2) is 18.3 Å². The summed E-state index contributed by atoms with van der Waals surface area (Å²) in [6.45, 7) is 9.81. The number of carbonyl (C=O) groups excluding carboxylic acids is 1. The van der Waals surface area contributed by atoms with E-state index in [0.717, 1.165) is 21.5 Å². The number of aromatic nitrogens is 3. The maximum atomic E-state index is 13.7. The predicted molar refractivity (Wildman–Crippen MR) is 128 cm³/mol. The van der Waals surface area contributed by atoms with Gasteiger partial charge in [-0.05, 0) is 46.2 Å². The van der Waals surface area contributed by atoms with Gasteiger partial charge in [0.15, 0.2) is 5.65 Å². The van der Waals surface area contributed by atoms with Gasteiger partial charge < -0.3 is 4.90 Å². The number of sulfonamides is 1. The Bertz CT molecular complexity index is 1280. The average Bonchev–Trinajstić information content (AvgIpc) is 3.18. The number of aryl methyl sites for hydroxylation is 2. The van der Waals surface area contributed by atoms with E-state index in [1.54, 1.807) is 22.4 Å². The fourth-order valence-corrected chi connectivity index (χ4v) is 6.00. The number of amides is 1. The zero-order valence-electron chi connectivity index (χ0n) is 19.1. The molecule has 1 saturated heterocycles. The predicted octanol–water partition coefficient (Wildman–Crippen LogP) is 3.47. The van der Waals surface area contributed by atoms with Crippen LogP contribution in [-0.2, 0) is 10.0 Å². The van der Waals surface area contributed by atoms with Crippen molar-refractivity contribution in [2.45, 2.75) is 40.2 Å². The topological polar surface area (TPSA) is 88.4 Å². The number of thiophene rings is 1. The van der Waals surface area contributed by atoms with Gasteiger partial charge in [-0.2, -0.15) is 5.10 Å². The van der Waals surface area contributed by atoms with E-state index in [0.29, 0.717) is 43.8 Å². The van der Waals surface area contributed by atoms with Crippen LogP contribution in [0.1, 0.15) is 46.4 Å². The van der Waals surface area contributed by atoms with Crippen molar-refractivity contribution in [3.05, 3.63) is 33.6 Å². The van der Waals surface area contributed by atoms with Gasteiger partial charge in [0.1, 0.15) is 0 Å². The van der Waals surface area contributed by atoms with E-state index >= 15 is 0 Å². The van der Waals surface area contributed by atoms with Crippen molar-refractivity contribution in [1.29, 1.82) is 0 Å². The van der Waals surface area contributed by atoms with E-state index in [9.17, 15) is 13.2 Å². The lowest BCUT2D eigenvalue weighted by Crippen LogP contribution is -2.37. The van der Waals surface area contributed by atoms with Crippen LogP contribution < -0.4 is 0 Å². The molecular formula is C22H29N5O3S2. The fourth-order valence-electron chi connectivity index (χ4n) is 4.19. The summed E-state index contributed by atoms with van der Waals surface area (Å²) in [6, 6.07) is 4.07. The molecule has 0 unspecified atom stereocenters. The molecule has 0 aromatic carbocycles. The van der Waals surface area contributed by atoms with Crippen LogP contribution in [-0.4, -0.2) is 70.7 Å². The van der Waals surface area contributed by atoms with E-state index in [1.807, 2.05) is 24.6 Å². The van der Waals surface area contributed by atoms with Gasteiger partial charge in [-0.1, -0.05) is 0 Å². The lowest BCUT2D eigenvalue weighted by atomic mass is 10.1. The van der Waals surface area contributed by atoms with Crippen LogP contribution in [0.25, 0.3) is 22.3 Å². The number of rotatable bonds is 4. The zero-order chi connectivity index (χ0) is 23.2. The quantitative estimate of drug-likeness (QED) is 0.577. The first-order chi connectivity index (χ1) is 15.1. The summed E-state index contributed by atoms with van der Waals surface area (Å²) < 4.78 is 27.2. The van der Waals surface area contributed by atoms with E-state index in [4.69, 9.17) is 4.98 Å². The van der Waals surface area contributed by atoms with Crippen molar-refractivity contribution in [2.75, 3.05) is 32.4 Å².